The highest BCUT2D eigenvalue weighted by atomic mass is 16.6. The summed E-state index contributed by atoms with van der Waals surface area (Å²) in [5.41, 5.74) is 0.694. The van der Waals surface area contributed by atoms with Crippen molar-refractivity contribution in [2.75, 3.05) is 20.3 Å². The van der Waals surface area contributed by atoms with Gasteiger partial charge in [0.25, 0.3) is 0 Å². The molecular formula is C29H32O11. The highest BCUT2D eigenvalue weighted by molar-refractivity contribution is 5.88. The van der Waals surface area contributed by atoms with Crippen LogP contribution >= 0.6 is 0 Å². The van der Waals surface area contributed by atoms with Crippen molar-refractivity contribution < 1.29 is 49.0 Å². The largest absolute Gasteiger partial charge is 0.496 e. The smallest absolute Gasteiger partial charge is 0.331 e. The number of hydrogen-bond donors (Lipinski definition) is 5. The number of fused-ring (bicyclic) bond motifs is 1. The Morgan fingerprint density at radius 3 is 2.50 bits per heavy atom. The number of carbonyl (C=O) groups is 1. The van der Waals surface area contributed by atoms with Crippen LogP contribution in [0.2, 0.25) is 0 Å². The first-order valence-electron chi connectivity index (χ1n) is 12.7. The highest BCUT2D eigenvalue weighted by Gasteiger charge is 2.49. The number of hydrogen-bond acceptors (Lipinski definition) is 11. The number of esters is 1. The lowest BCUT2D eigenvalue weighted by molar-refractivity contribution is -0.239. The number of aliphatic hydroxyl groups is 5. The molecule has 214 valence electrons. The maximum Gasteiger partial charge on any atom is 0.331 e. The van der Waals surface area contributed by atoms with Crippen molar-refractivity contribution in [2.24, 2.45) is 0 Å². The first-order valence-corrected chi connectivity index (χ1v) is 12.7. The summed E-state index contributed by atoms with van der Waals surface area (Å²) in [6.45, 7) is 0.605. The molecule has 0 bridgehead atoms. The summed E-state index contributed by atoms with van der Waals surface area (Å²) in [5, 5.41) is 51.3. The number of carbonyl (C=O) groups excluding carboxylic acids is 1. The third-order valence-corrected chi connectivity index (χ3v) is 6.78. The molecule has 40 heavy (non-hydrogen) atoms. The van der Waals surface area contributed by atoms with E-state index in [1.165, 1.54) is 13.2 Å². The number of ether oxygens (including phenoxy) is 3. The van der Waals surface area contributed by atoms with Crippen molar-refractivity contribution in [1.82, 2.24) is 0 Å². The molecule has 1 fully saturated rings. The Balaban J connectivity index is 1.86. The van der Waals surface area contributed by atoms with Gasteiger partial charge >= 0.3 is 5.97 Å². The maximum absolute atomic E-state index is 13.1. The van der Waals surface area contributed by atoms with E-state index in [4.69, 9.17) is 18.6 Å². The Morgan fingerprint density at radius 2 is 1.85 bits per heavy atom. The van der Waals surface area contributed by atoms with Crippen LogP contribution < -0.4 is 10.2 Å². The minimum Gasteiger partial charge on any atom is -0.496 e. The zero-order valence-electron chi connectivity index (χ0n) is 22.0. The fourth-order valence-corrected chi connectivity index (χ4v) is 4.76. The molecule has 0 radical (unpaired) electrons. The zero-order valence-corrected chi connectivity index (χ0v) is 22.0. The van der Waals surface area contributed by atoms with Gasteiger partial charge in [0.2, 0.25) is 0 Å². The third kappa shape index (κ3) is 5.94. The highest BCUT2D eigenvalue weighted by Crippen LogP contribution is 2.43. The van der Waals surface area contributed by atoms with Crippen LogP contribution in [0, 0.1) is 6.92 Å². The minimum atomic E-state index is -1.71. The summed E-state index contributed by atoms with van der Waals surface area (Å²) in [6, 6.07) is 11.6. The van der Waals surface area contributed by atoms with E-state index in [1.807, 2.05) is 6.07 Å². The van der Waals surface area contributed by atoms with E-state index in [-0.39, 0.29) is 41.1 Å². The van der Waals surface area contributed by atoms with Crippen molar-refractivity contribution >= 4 is 23.0 Å². The van der Waals surface area contributed by atoms with E-state index < -0.39 is 54.6 Å². The Bertz CT molecular complexity index is 1410. The predicted octanol–water partition coefficient (Wildman–Crippen LogP) is 1.31. The zero-order chi connectivity index (χ0) is 29.0. The Hall–Kier alpha value is -3.58. The fourth-order valence-electron chi connectivity index (χ4n) is 4.76. The van der Waals surface area contributed by atoms with E-state index in [0.29, 0.717) is 5.56 Å². The monoisotopic (exact) mass is 556 g/mol. The summed E-state index contributed by atoms with van der Waals surface area (Å²) in [5.74, 6) is -0.838. The number of methoxy groups -OCH3 is 1. The molecular weight excluding hydrogens is 524 g/mol. The van der Waals surface area contributed by atoms with E-state index >= 15 is 0 Å². The van der Waals surface area contributed by atoms with Gasteiger partial charge in [-0.3, -0.25) is 4.79 Å². The van der Waals surface area contributed by atoms with Crippen LogP contribution in [0.3, 0.4) is 0 Å². The van der Waals surface area contributed by atoms with Crippen molar-refractivity contribution in [1.29, 1.82) is 0 Å². The average molecular weight is 557 g/mol. The molecule has 4 rings (SSSR count). The Kier molecular flexibility index (Phi) is 9.36. The van der Waals surface area contributed by atoms with Crippen LogP contribution in [0.4, 0.5) is 0 Å². The van der Waals surface area contributed by atoms with E-state index in [0.717, 1.165) is 17.7 Å². The molecule has 3 aromatic rings. The van der Waals surface area contributed by atoms with E-state index in [2.05, 4.69) is 0 Å². The van der Waals surface area contributed by atoms with Crippen LogP contribution in [0.15, 0.2) is 57.8 Å². The molecule has 1 aromatic heterocycles. The molecule has 1 unspecified atom stereocenters. The summed E-state index contributed by atoms with van der Waals surface area (Å²) >= 11 is 0. The number of benzene rings is 2. The van der Waals surface area contributed by atoms with E-state index in [1.54, 1.807) is 37.3 Å². The molecule has 11 nitrogen and oxygen atoms in total. The van der Waals surface area contributed by atoms with Crippen LogP contribution in [-0.2, 0) is 14.3 Å². The second kappa shape index (κ2) is 12.7. The second-order valence-electron chi connectivity index (χ2n) is 9.46. The number of rotatable bonds is 9. The summed E-state index contributed by atoms with van der Waals surface area (Å²) in [7, 11) is 1.36. The molecule has 0 saturated carbocycles. The number of aryl methyl sites for hydroxylation is 1. The van der Waals surface area contributed by atoms with Crippen molar-refractivity contribution in [3.63, 3.8) is 0 Å². The lowest BCUT2D eigenvalue weighted by Gasteiger charge is -2.42. The molecule has 5 N–H and O–H groups in total. The summed E-state index contributed by atoms with van der Waals surface area (Å²) in [6.07, 6.45) is -6.26. The van der Waals surface area contributed by atoms with Gasteiger partial charge in [-0.15, -0.1) is 0 Å². The Labute approximate surface area is 229 Å². The lowest BCUT2D eigenvalue weighted by atomic mass is 9.89. The SMILES string of the molecule is COc1cc(C)c2c(=O)cc(C(O)CCO)oc2c1[C@@H]1O[C@H](CO)[C@@H](O)[C@H](O)[C@H]1OC(=O)/C=C/c1ccccc1. The molecule has 6 atom stereocenters. The van der Waals surface area contributed by atoms with Crippen LogP contribution in [0.5, 0.6) is 5.75 Å². The molecule has 1 saturated heterocycles. The average Bonchev–Trinajstić information content (AvgIpc) is 2.95. The van der Waals surface area contributed by atoms with E-state index in [9.17, 15) is 35.1 Å². The first-order chi connectivity index (χ1) is 19.2. The van der Waals surface area contributed by atoms with Crippen LogP contribution in [-0.4, -0.2) is 76.2 Å². The molecule has 1 aliphatic heterocycles. The van der Waals surface area contributed by atoms with Gasteiger partial charge < -0.3 is 44.2 Å². The predicted molar refractivity (Wildman–Crippen MR) is 143 cm³/mol. The van der Waals surface area contributed by atoms with Crippen molar-refractivity contribution in [3.05, 3.63) is 81.2 Å². The normalized spacial score (nSPS) is 23.8. The second-order valence-corrected chi connectivity index (χ2v) is 9.46. The quantitative estimate of drug-likeness (QED) is 0.190. The van der Waals surface area contributed by atoms with Crippen molar-refractivity contribution in [2.45, 2.75) is 50.0 Å². The van der Waals surface area contributed by atoms with Gasteiger partial charge in [-0.05, 0) is 30.2 Å². The van der Waals surface area contributed by atoms with Gasteiger partial charge in [0.05, 0.1) is 24.7 Å². The molecule has 0 aliphatic carbocycles. The van der Waals surface area contributed by atoms with Gasteiger partial charge in [-0.2, -0.15) is 0 Å². The van der Waals surface area contributed by atoms with Gasteiger partial charge in [-0.1, -0.05) is 30.3 Å². The topological polar surface area (TPSA) is 176 Å². The first kappa shape index (κ1) is 29.4. The molecule has 2 heterocycles. The standard InChI is InChI=1S/C29H32O11/c1-15-12-20(37-2)24(27-23(15)18(33)13-19(38-27)17(32)10-11-30)28-29(26(36)25(35)21(14-31)39-28)40-22(34)9-8-16-6-4-3-5-7-16/h3-9,12-13,17,21,25-26,28-32,35-36H,10-11,14H2,1-2H3/b9-8+/t17?,21-,25-,26+,28+,29-/m1/s1. The molecule has 0 amide bonds. The third-order valence-electron chi connectivity index (χ3n) is 6.78. The lowest BCUT2D eigenvalue weighted by Crippen LogP contribution is -2.56. The van der Waals surface area contributed by atoms with Gasteiger partial charge in [0.15, 0.2) is 11.5 Å². The molecule has 1 aliphatic rings. The van der Waals surface area contributed by atoms with Gasteiger partial charge in [-0.25, -0.2) is 4.79 Å². The summed E-state index contributed by atoms with van der Waals surface area (Å²) in [4.78, 5) is 26.0. The fraction of sp³-hybridized carbons (Fsp3) is 0.379. The molecule has 2 aromatic carbocycles. The van der Waals surface area contributed by atoms with Gasteiger partial charge in [0.1, 0.15) is 47.6 Å². The van der Waals surface area contributed by atoms with Crippen LogP contribution in [0.25, 0.3) is 17.0 Å². The van der Waals surface area contributed by atoms with Crippen molar-refractivity contribution in [3.8, 4) is 5.75 Å². The molecule has 0 spiro atoms. The number of aliphatic hydroxyl groups excluding tert-OH is 5. The van der Waals surface area contributed by atoms with Gasteiger partial charge in [0, 0.05) is 25.2 Å². The molecule has 11 heteroatoms. The minimum absolute atomic E-state index is 0.0625. The van der Waals surface area contributed by atoms with Crippen LogP contribution in [0.1, 0.15) is 41.1 Å². The maximum atomic E-state index is 13.1. The Morgan fingerprint density at radius 1 is 1.12 bits per heavy atom. The summed E-state index contributed by atoms with van der Waals surface area (Å²) < 4.78 is 23.1.